The Morgan fingerprint density at radius 3 is 2.29 bits per heavy atom. The number of hydrogen-bond donors (Lipinski definition) is 2. The number of aryl methyl sites for hydroxylation is 1. The van der Waals surface area contributed by atoms with Crippen LogP contribution in [0.1, 0.15) is 43.1 Å². The predicted octanol–water partition coefficient (Wildman–Crippen LogP) is 3.89. The molecule has 31 heavy (non-hydrogen) atoms. The molecule has 0 saturated carbocycles. The molecule has 0 aliphatic carbocycles. The van der Waals surface area contributed by atoms with Crippen LogP contribution in [-0.2, 0) is 10.0 Å². The summed E-state index contributed by atoms with van der Waals surface area (Å²) in [6.45, 7) is 11.3. The number of anilines is 1. The molecule has 3 atom stereocenters. The number of rotatable bonds is 7. The average molecular weight is 444 g/mol. The Bertz CT molecular complexity index is 995. The fourth-order valence-electron chi connectivity index (χ4n) is 4.36. The molecule has 1 heterocycles. The third kappa shape index (κ3) is 6.31. The number of para-hydroxylation sites is 1. The summed E-state index contributed by atoms with van der Waals surface area (Å²) < 4.78 is 27.9. The summed E-state index contributed by atoms with van der Waals surface area (Å²) in [5.74, 6) is 1.16. The Morgan fingerprint density at radius 1 is 1.06 bits per heavy atom. The first kappa shape index (κ1) is 23.3. The van der Waals surface area contributed by atoms with E-state index in [0.29, 0.717) is 23.1 Å². The van der Waals surface area contributed by atoms with Crippen LogP contribution in [0.3, 0.4) is 0 Å². The van der Waals surface area contributed by atoms with E-state index in [2.05, 4.69) is 28.8 Å². The molecular formula is C24H33N3O3S. The molecule has 1 aliphatic rings. The van der Waals surface area contributed by atoms with E-state index in [0.717, 1.165) is 25.2 Å². The van der Waals surface area contributed by atoms with E-state index in [1.165, 1.54) is 18.6 Å². The van der Waals surface area contributed by atoms with Gasteiger partial charge >= 0.3 is 0 Å². The maximum Gasteiger partial charge on any atom is 0.261 e. The molecule has 3 unspecified atom stereocenters. The van der Waals surface area contributed by atoms with Gasteiger partial charge in [-0.25, -0.2) is 8.42 Å². The van der Waals surface area contributed by atoms with Gasteiger partial charge in [-0.15, -0.1) is 0 Å². The SMILES string of the molecule is Cc1ccccc1NS(=O)(=O)c1ccc(C(=O)NC(C)CN2CC(C)CC(C)C2)cc1. The van der Waals surface area contributed by atoms with Crippen LogP contribution >= 0.6 is 0 Å². The molecule has 1 fully saturated rings. The van der Waals surface area contributed by atoms with Gasteiger partial charge in [0.1, 0.15) is 0 Å². The minimum absolute atomic E-state index is 0.0103. The summed E-state index contributed by atoms with van der Waals surface area (Å²) in [7, 11) is -3.72. The third-order valence-corrected chi connectivity index (χ3v) is 7.05. The van der Waals surface area contributed by atoms with Gasteiger partial charge in [-0.3, -0.25) is 9.52 Å². The van der Waals surface area contributed by atoms with Crippen molar-refractivity contribution in [2.75, 3.05) is 24.4 Å². The van der Waals surface area contributed by atoms with Crippen molar-refractivity contribution < 1.29 is 13.2 Å². The van der Waals surface area contributed by atoms with Crippen molar-refractivity contribution in [1.82, 2.24) is 10.2 Å². The summed E-state index contributed by atoms with van der Waals surface area (Å²) in [5, 5.41) is 3.03. The maximum absolute atomic E-state index is 12.7. The standard InChI is InChI=1S/C24H33N3O3S/c1-17-13-18(2)15-27(14-17)16-20(4)25-24(28)21-9-11-22(12-10-21)31(29,30)26-23-8-6-5-7-19(23)3/h5-12,17-18,20,26H,13-16H2,1-4H3,(H,25,28). The molecule has 0 radical (unpaired) electrons. The molecule has 2 aromatic rings. The van der Waals surface area contributed by atoms with E-state index in [1.54, 1.807) is 24.3 Å². The number of benzene rings is 2. The van der Waals surface area contributed by atoms with Crippen LogP contribution in [-0.4, -0.2) is 44.9 Å². The second kappa shape index (κ2) is 9.83. The van der Waals surface area contributed by atoms with Gasteiger partial charge in [-0.05, 0) is 68.0 Å². The number of nitrogens with zero attached hydrogens (tertiary/aromatic N) is 1. The van der Waals surface area contributed by atoms with Crippen molar-refractivity contribution in [3.05, 3.63) is 59.7 Å². The van der Waals surface area contributed by atoms with Crippen molar-refractivity contribution in [1.29, 1.82) is 0 Å². The maximum atomic E-state index is 12.7. The molecule has 0 bridgehead atoms. The summed E-state index contributed by atoms with van der Waals surface area (Å²) in [5.41, 5.74) is 1.83. The molecule has 6 nitrogen and oxygen atoms in total. The van der Waals surface area contributed by atoms with E-state index in [4.69, 9.17) is 0 Å². The molecule has 0 spiro atoms. The molecule has 2 N–H and O–H groups in total. The van der Waals surface area contributed by atoms with Gasteiger partial charge < -0.3 is 10.2 Å². The Balaban J connectivity index is 1.60. The van der Waals surface area contributed by atoms with Crippen molar-refractivity contribution >= 4 is 21.6 Å². The highest BCUT2D eigenvalue weighted by atomic mass is 32.2. The predicted molar refractivity (Wildman–Crippen MR) is 125 cm³/mol. The number of carbonyl (C=O) groups excluding carboxylic acids is 1. The van der Waals surface area contributed by atoms with E-state index in [1.807, 2.05) is 26.0 Å². The smallest absolute Gasteiger partial charge is 0.261 e. The van der Waals surface area contributed by atoms with Gasteiger partial charge in [0.15, 0.2) is 0 Å². The molecular weight excluding hydrogens is 410 g/mol. The summed E-state index contributed by atoms with van der Waals surface area (Å²) >= 11 is 0. The van der Waals surface area contributed by atoms with Crippen LogP contribution in [0.4, 0.5) is 5.69 Å². The number of carbonyl (C=O) groups is 1. The topological polar surface area (TPSA) is 78.5 Å². The quantitative estimate of drug-likeness (QED) is 0.680. The zero-order valence-corrected chi connectivity index (χ0v) is 19.6. The van der Waals surface area contributed by atoms with Gasteiger partial charge in [-0.1, -0.05) is 32.0 Å². The summed E-state index contributed by atoms with van der Waals surface area (Å²) in [4.78, 5) is 15.2. The van der Waals surface area contributed by atoms with E-state index < -0.39 is 10.0 Å². The Kier molecular flexibility index (Phi) is 7.38. The fraction of sp³-hybridized carbons (Fsp3) is 0.458. The van der Waals surface area contributed by atoms with E-state index in [9.17, 15) is 13.2 Å². The number of nitrogens with one attached hydrogen (secondary N) is 2. The van der Waals surface area contributed by atoms with Gasteiger partial charge in [-0.2, -0.15) is 0 Å². The molecule has 1 amide bonds. The second-order valence-corrected chi connectivity index (χ2v) is 10.7. The van der Waals surface area contributed by atoms with Gasteiger partial charge in [0, 0.05) is 31.2 Å². The highest BCUT2D eigenvalue weighted by Crippen LogP contribution is 2.21. The summed E-state index contributed by atoms with van der Waals surface area (Å²) in [6, 6.07) is 13.3. The lowest BCUT2D eigenvalue weighted by molar-refractivity contribution is 0.0905. The van der Waals surface area contributed by atoms with Crippen LogP contribution in [0.15, 0.2) is 53.4 Å². The first-order valence-corrected chi connectivity index (χ1v) is 12.3. The molecule has 3 rings (SSSR count). The fourth-order valence-corrected chi connectivity index (χ4v) is 5.49. The number of amides is 1. The zero-order chi connectivity index (χ0) is 22.6. The van der Waals surface area contributed by atoms with Crippen LogP contribution < -0.4 is 10.0 Å². The summed E-state index contributed by atoms with van der Waals surface area (Å²) in [6.07, 6.45) is 1.26. The molecule has 2 aromatic carbocycles. The Hall–Kier alpha value is -2.38. The van der Waals surface area contributed by atoms with Crippen molar-refractivity contribution in [2.45, 2.75) is 45.1 Å². The van der Waals surface area contributed by atoms with Crippen LogP contribution in [0, 0.1) is 18.8 Å². The zero-order valence-electron chi connectivity index (χ0n) is 18.8. The lowest BCUT2D eigenvalue weighted by atomic mass is 9.92. The Labute approximate surface area is 186 Å². The van der Waals surface area contributed by atoms with Crippen molar-refractivity contribution in [2.24, 2.45) is 11.8 Å². The molecule has 0 aromatic heterocycles. The highest BCUT2D eigenvalue weighted by molar-refractivity contribution is 7.92. The monoisotopic (exact) mass is 443 g/mol. The van der Waals surface area contributed by atoms with Gasteiger partial charge in [0.05, 0.1) is 10.6 Å². The number of hydrogen-bond acceptors (Lipinski definition) is 4. The number of sulfonamides is 1. The lowest BCUT2D eigenvalue weighted by Crippen LogP contribution is -2.47. The molecule has 1 aliphatic heterocycles. The minimum Gasteiger partial charge on any atom is -0.348 e. The average Bonchev–Trinajstić information content (AvgIpc) is 2.69. The van der Waals surface area contributed by atoms with Crippen LogP contribution in [0.25, 0.3) is 0 Å². The molecule has 7 heteroatoms. The van der Waals surface area contributed by atoms with Crippen LogP contribution in [0.2, 0.25) is 0 Å². The number of piperidine rings is 1. The largest absolute Gasteiger partial charge is 0.348 e. The molecule has 1 saturated heterocycles. The normalized spacial score (nSPS) is 20.8. The molecule has 168 valence electrons. The first-order chi connectivity index (χ1) is 14.6. The van der Waals surface area contributed by atoms with E-state index >= 15 is 0 Å². The minimum atomic E-state index is -3.72. The first-order valence-electron chi connectivity index (χ1n) is 10.9. The second-order valence-electron chi connectivity index (χ2n) is 8.98. The Morgan fingerprint density at radius 2 is 1.68 bits per heavy atom. The van der Waals surface area contributed by atoms with Crippen LogP contribution in [0.5, 0.6) is 0 Å². The van der Waals surface area contributed by atoms with E-state index in [-0.39, 0.29) is 16.8 Å². The van der Waals surface area contributed by atoms with Gasteiger partial charge in [0.2, 0.25) is 0 Å². The highest BCUT2D eigenvalue weighted by Gasteiger charge is 2.23. The van der Waals surface area contributed by atoms with Gasteiger partial charge in [0.25, 0.3) is 15.9 Å². The number of likely N-dealkylation sites (tertiary alicyclic amines) is 1. The van der Waals surface area contributed by atoms with Crippen molar-refractivity contribution in [3.8, 4) is 0 Å². The lowest BCUT2D eigenvalue weighted by Gasteiger charge is -2.36. The third-order valence-electron chi connectivity index (χ3n) is 5.67. The van der Waals surface area contributed by atoms with Crippen molar-refractivity contribution in [3.63, 3.8) is 0 Å².